The minimum atomic E-state index is -0.817. The number of furan rings is 1. The lowest BCUT2D eigenvalue weighted by atomic mass is 10.0. The summed E-state index contributed by atoms with van der Waals surface area (Å²) < 4.78 is 57.5. The molecule has 0 amide bonds. The average molecular weight is 513 g/mol. The Hall–Kier alpha value is -2.69. The van der Waals surface area contributed by atoms with Crippen LogP contribution in [0.25, 0.3) is 32.7 Å². The predicted octanol–water partition coefficient (Wildman–Crippen LogP) is 10.8. The highest BCUT2D eigenvalue weighted by atomic mass is 19.1. The molecule has 37 heavy (non-hydrogen) atoms. The van der Waals surface area contributed by atoms with E-state index in [1.54, 1.807) is 30.3 Å². The van der Waals surface area contributed by atoms with Crippen molar-refractivity contribution in [3.63, 3.8) is 0 Å². The first-order chi connectivity index (χ1) is 18.1. The quantitative estimate of drug-likeness (QED) is 0.148. The largest absolute Gasteiger partial charge is 0.490 e. The summed E-state index contributed by atoms with van der Waals surface area (Å²) >= 11 is 0. The molecule has 4 rings (SSSR count). The Morgan fingerprint density at radius 1 is 0.649 bits per heavy atom. The lowest BCUT2D eigenvalue weighted by Gasteiger charge is -2.10. The third-order valence-corrected chi connectivity index (χ3v) is 7.33. The van der Waals surface area contributed by atoms with E-state index in [1.807, 2.05) is 0 Å². The SMILES string of the molecule is CCCCCCCCCOc1ccc2cc3c(oc4c(F)c(CCCCCCC)ccc43)c(F)c2c1F. The zero-order valence-electron chi connectivity index (χ0n) is 22.2. The fourth-order valence-corrected chi connectivity index (χ4v) is 5.14. The molecular formula is C32H39F3O2. The summed E-state index contributed by atoms with van der Waals surface area (Å²) in [7, 11) is 0. The zero-order valence-corrected chi connectivity index (χ0v) is 22.2. The van der Waals surface area contributed by atoms with Gasteiger partial charge in [-0.05, 0) is 48.4 Å². The molecule has 0 radical (unpaired) electrons. The first-order valence-electron chi connectivity index (χ1n) is 14.1. The lowest BCUT2D eigenvalue weighted by molar-refractivity contribution is 0.291. The molecule has 4 aromatic rings. The van der Waals surface area contributed by atoms with Crippen molar-refractivity contribution in [1.29, 1.82) is 0 Å². The number of fused-ring (bicyclic) bond motifs is 4. The summed E-state index contributed by atoms with van der Waals surface area (Å²) in [5.74, 6) is -1.98. The molecule has 0 saturated carbocycles. The molecule has 0 aliphatic carbocycles. The Kier molecular flexibility index (Phi) is 9.76. The smallest absolute Gasteiger partial charge is 0.177 e. The van der Waals surface area contributed by atoms with Crippen LogP contribution in [0, 0.1) is 17.5 Å². The van der Waals surface area contributed by atoms with Gasteiger partial charge in [0.25, 0.3) is 0 Å². The molecule has 2 nitrogen and oxygen atoms in total. The second-order valence-electron chi connectivity index (χ2n) is 10.2. The number of unbranched alkanes of at least 4 members (excludes halogenated alkanes) is 10. The van der Waals surface area contributed by atoms with Gasteiger partial charge in [0.05, 0.1) is 12.0 Å². The van der Waals surface area contributed by atoms with Gasteiger partial charge in [-0.2, -0.15) is 0 Å². The third-order valence-electron chi connectivity index (χ3n) is 7.33. The van der Waals surface area contributed by atoms with Gasteiger partial charge in [-0.3, -0.25) is 0 Å². The molecule has 0 aliphatic heterocycles. The molecule has 1 aromatic heterocycles. The molecule has 0 N–H and O–H groups in total. The summed E-state index contributed by atoms with van der Waals surface area (Å²) in [5.41, 5.74) is 0.482. The number of ether oxygens (including phenoxy) is 1. The highest BCUT2D eigenvalue weighted by Crippen LogP contribution is 2.39. The molecule has 0 aliphatic rings. The van der Waals surface area contributed by atoms with Crippen LogP contribution in [0.5, 0.6) is 5.75 Å². The van der Waals surface area contributed by atoms with E-state index in [0.717, 1.165) is 44.9 Å². The van der Waals surface area contributed by atoms with E-state index < -0.39 is 17.5 Å². The van der Waals surface area contributed by atoms with Crippen molar-refractivity contribution in [2.24, 2.45) is 0 Å². The van der Waals surface area contributed by atoms with Crippen molar-refractivity contribution in [3.8, 4) is 5.75 Å². The summed E-state index contributed by atoms with van der Waals surface area (Å²) in [6, 6.07) is 8.42. The molecule has 0 spiro atoms. The fourth-order valence-electron chi connectivity index (χ4n) is 5.14. The maximum absolute atomic E-state index is 15.6. The topological polar surface area (TPSA) is 22.4 Å². The molecule has 0 bridgehead atoms. The molecule has 200 valence electrons. The number of aryl methyl sites for hydroxylation is 1. The molecule has 0 fully saturated rings. The van der Waals surface area contributed by atoms with Gasteiger partial charge >= 0.3 is 0 Å². The van der Waals surface area contributed by atoms with E-state index in [-0.39, 0.29) is 22.3 Å². The fraction of sp³-hybridized carbons (Fsp3) is 0.500. The summed E-state index contributed by atoms with van der Waals surface area (Å²) in [6.45, 7) is 4.74. The highest BCUT2D eigenvalue weighted by molar-refractivity contribution is 6.10. The van der Waals surface area contributed by atoms with Crippen molar-refractivity contribution in [3.05, 3.63) is 53.3 Å². The highest BCUT2D eigenvalue weighted by Gasteiger charge is 2.22. The Labute approximate surface area is 218 Å². The van der Waals surface area contributed by atoms with Gasteiger partial charge in [-0.25, -0.2) is 13.2 Å². The first kappa shape index (κ1) is 27.3. The van der Waals surface area contributed by atoms with Crippen LogP contribution in [0.15, 0.2) is 34.7 Å². The number of benzene rings is 3. The van der Waals surface area contributed by atoms with Gasteiger partial charge < -0.3 is 9.15 Å². The van der Waals surface area contributed by atoms with Crippen LogP contribution in [0.2, 0.25) is 0 Å². The number of hydrogen-bond acceptors (Lipinski definition) is 2. The summed E-state index contributed by atoms with van der Waals surface area (Å²) in [6.07, 6.45) is 14.0. The van der Waals surface area contributed by atoms with E-state index in [1.165, 1.54) is 32.1 Å². The van der Waals surface area contributed by atoms with E-state index in [9.17, 15) is 0 Å². The molecule has 5 heteroatoms. The van der Waals surface area contributed by atoms with E-state index >= 15 is 13.2 Å². The van der Waals surface area contributed by atoms with Gasteiger partial charge in [-0.1, -0.05) is 90.2 Å². The predicted molar refractivity (Wildman–Crippen MR) is 147 cm³/mol. The van der Waals surface area contributed by atoms with Crippen molar-refractivity contribution in [2.75, 3.05) is 6.61 Å². The van der Waals surface area contributed by atoms with Gasteiger partial charge in [0.15, 0.2) is 34.4 Å². The average Bonchev–Trinajstić information content (AvgIpc) is 3.27. The maximum atomic E-state index is 15.6. The Balaban J connectivity index is 1.53. The molecule has 3 aromatic carbocycles. The van der Waals surface area contributed by atoms with Crippen LogP contribution in [0.4, 0.5) is 13.2 Å². The van der Waals surface area contributed by atoms with Gasteiger partial charge in [0.2, 0.25) is 0 Å². The summed E-state index contributed by atoms with van der Waals surface area (Å²) in [5, 5.41) is 1.17. The minimum absolute atomic E-state index is 0.0318. The second kappa shape index (κ2) is 13.2. The Morgan fingerprint density at radius 3 is 2.03 bits per heavy atom. The van der Waals surface area contributed by atoms with Crippen molar-refractivity contribution >= 4 is 32.7 Å². The normalized spacial score (nSPS) is 11.8. The van der Waals surface area contributed by atoms with Crippen molar-refractivity contribution in [1.82, 2.24) is 0 Å². The molecule has 0 saturated heterocycles. The Morgan fingerprint density at radius 2 is 1.30 bits per heavy atom. The molecular weight excluding hydrogens is 473 g/mol. The van der Waals surface area contributed by atoms with Gasteiger partial charge in [0.1, 0.15) is 0 Å². The van der Waals surface area contributed by atoms with Crippen molar-refractivity contribution in [2.45, 2.75) is 97.3 Å². The van der Waals surface area contributed by atoms with Crippen LogP contribution in [0.3, 0.4) is 0 Å². The Bertz CT molecular complexity index is 1320. The zero-order chi connectivity index (χ0) is 26.2. The molecule has 0 atom stereocenters. The van der Waals surface area contributed by atoms with Gasteiger partial charge in [-0.15, -0.1) is 0 Å². The second-order valence-corrected chi connectivity index (χ2v) is 10.2. The van der Waals surface area contributed by atoms with Crippen molar-refractivity contribution < 1.29 is 22.3 Å². The number of hydrogen-bond donors (Lipinski definition) is 0. The minimum Gasteiger partial charge on any atom is -0.490 e. The third kappa shape index (κ3) is 6.25. The standard InChI is InChI=1S/C32H39F3O2/c1-3-5-7-9-10-12-14-20-36-26-19-17-23-21-25-24-18-16-22(15-13-11-8-6-4-2)28(33)31(24)37-32(25)30(35)27(23)29(26)34/h16-19,21H,3-15,20H2,1-2H3. The first-order valence-corrected chi connectivity index (χ1v) is 14.1. The van der Waals surface area contributed by atoms with E-state index in [4.69, 9.17) is 9.15 Å². The van der Waals surface area contributed by atoms with Crippen LogP contribution < -0.4 is 4.74 Å². The summed E-state index contributed by atoms with van der Waals surface area (Å²) in [4.78, 5) is 0. The van der Waals surface area contributed by atoms with Crippen LogP contribution in [-0.4, -0.2) is 6.61 Å². The lowest BCUT2D eigenvalue weighted by Crippen LogP contribution is -2.00. The van der Waals surface area contributed by atoms with Gasteiger partial charge in [0, 0.05) is 10.8 Å². The molecule has 1 heterocycles. The van der Waals surface area contributed by atoms with E-state index in [2.05, 4.69) is 13.8 Å². The monoisotopic (exact) mass is 512 g/mol. The number of halogens is 3. The van der Waals surface area contributed by atoms with Crippen LogP contribution in [0.1, 0.15) is 96.5 Å². The number of rotatable bonds is 15. The van der Waals surface area contributed by atoms with E-state index in [0.29, 0.717) is 34.7 Å². The molecule has 0 unspecified atom stereocenters. The van der Waals surface area contributed by atoms with Crippen LogP contribution >= 0.6 is 0 Å². The maximum Gasteiger partial charge on any atom is 0.177 e. The van der Waals surface area contributed by atoms with Crippen LogP contribution in [-0.2, 0) is 6.42 Å².